The van der Waals surface area contributed by atoms with Gasteiger partial charge in [0.05, 0.1) is 18.1 Å². The van der Waals surface area contributed by atoms with Gasteiger partial charge in [0.25, 0.3) is 5.91 Å². The molecule has 1 spiro atoms. The molecule has 1 aromatic rings. The number of fused-ring (bicyclic) bond motifs is 2. The van der Waals surface area contributed by atoms with Crippen LogP contribution in [0.2, 0.25) is 0 Å². The summed E-state index contributed by atoms with van der Waals surface area (Å²) in [6.45, 7) is -0.186. The van der Waals surface area contributed by atoms with Crippen molar-refractivity contribution in [3.8, 4) is 5.75 Å². The van der Waals surface area contributed by atoms with Gasteiger partial charge in [0, 0.05) is 18.0 Å². The Morgan fingerprint density at radius 1 is 1.33 bits per heavy atom. The lowest BCUT2D eigenvalue weighted by molar-refractivity contribution is -0.136. The van der Waals surface area contributed by atoms with E-state index in [-0.39, 0.29) is 24.5 Å². The number of hydrogen-bond donors (Lipinski definition) is 2. The summed E-state index contributed by atoms with van der Waals surface area (Å²) in [5.41, 5.74) is -0.664. The SMILES string of the molecule is O=C(CN1C(=O)N[C@]2(CCOc3ccccc32)C1=O)N[C@H]1CCS(=O)(=O)C1. The number of para-hydroxylation sites is 1. The van der Waals surface area contributed by atoms with E-state index < -0.39 is 45.8 Å². The van der Waals surface area contributed by atoms with E-state index in [1.807, 2.05) is 0 Å². The quantitative estimate of drug-likeness (QED) is 0.669. The molecule has 0 saturated carbocycles. The molecule has 144 valence electrons. The minimum Gasteiger partial charge on any atom is -0.493 e. The number of imide groups is 1. The first kappa shape index (κ1) is 17.8. The Labute approximate surface area is 156 Å². The zero-order valence-corrected chi connectivity index (χ0v) is 15.3. The number of urea groups is 1. The molecule has 0 unspecified atom stereocenters. The normalized spacial score (nSPS) is 28.6. The Hall–Kier alpha value is -2.62. The molecule has 10 heteroatoms. The van der Waals surface area contributed by atoms with E-state index in [4.69, 9.17) is 4.74 Å². The van der Waals surface area contributed by atoms with Gasteiger partial charge in [-0.15, -0.1) is 0 Å². The van der Waals surface area contributed by atoms with Crippen LogP contribution in [0.1, 0.15) is 18.4 Å². The Morgan fingerprint density at radius 2 is 2.11 bits per heavy atom. The molecule has 3 aliphatic heterocycles. The number of ether oxygens (including phenoxy) is 1. The number of carbonyl (C=O) groups excluding carboxylic acids is 3. The van der Waals surface area contributed by atoms with Gasteiger partial charge in [-0.3, -0.25) is 14.5 Å². The Balaban J connectivity index is 1.50. The second kappa shape index (κ2) is 6.22. The zero-order valence-electron chi connectivity index (χ0n) is 14.4. The largest absolute Gasteiger partial charge is 0.493 e. The smallest absolute Gasteiger partial charge is 0.325 e. The first-order valence-electron chi connectivity index (χ1n) is 8.67. The van der Waals surface area contributed by atoms with Gasteiger partial charge in [-0.05, 0) is 12.5 Å². The van der Waals surface area contributed by atoms with Crippen molar-refractivity contribution in [1.82, 2.24) is 15.5 Å². The minimum atomic E-state index is -3.13. The van der Waals surface area contributed by atoms with E-state index in [9.17, 15) is 22.8 Å². The Kier molecular flexibility index (Phi) is 4.10. The number of nitrogens with one attached hydrogen (secondary N) is 2. The maximum absolute atomic E-state index is 13.0. The molecule has 0 aromatic heterocycles. The number of sulfone groups is 1. The summed E-state index contributed by atoms with van der Waals surface area (Å²) in [6, 6.07) is 5.85. The van der Waals surface area contributed by atoms with Crippen LogP contribution in [0.25, 0.3) is 0 Å². The molecule has 27 heavy (non-hydrogen) atoms. The third-order valence-corrected chi connectivity index (χ3v) is 6.92. The average Bonchev–Trinajstić information content (AvgIpc) is 3.07. The highest BCUT2D eigenvalue weighted by atomic mass is 32.2. The molecule has 4 rings (SSSR count). The lowest BCUT2D eigenvalue weighted by atomic mass is 9.84. The number of carbonyl (C=O) groups is 3. The van der Waals surface area contributed by atoms with Crippen molar-refractivity contribution < 1.29 is 27.5 Å². The van der Waals surface area contributed by atoms with Gasteiger partial charge < -0.3 is 15.4 Å². The van der Waals surface area contributed by atoms with Gasteiger partial charge >= 0.3 is 6.03 Å². The zero-order chi connectivity index (χ0) is 19.2. The van der Waals surface area contributed by atoms with Crippen LogP contribution < -0.4 is 15.4 Å². The first-order chi connectivity index (χ1) is 12.8. The van der Waals surface area contributed by atoms with Crippen molar-refractivity contribution in [2.75, 3.05) is 24.7 Å². The lowest BCUT2D eigenvalue weighted by Crippen LogP contribution is -2.48. The summed E-state index contributed by atoms with van der Waals surface area (Å²) in [6.07, 6.45) is 0.608. The topological polar surface area (TPSA) is 122 Å². The highest BCUT2D eigenvalue weighted by Gasteiger charge is 2.55. The third kappa shape index (κ3) is 3.03. The van der Waals surface area contributed by atoms with Crippen molar-refractivity contribution in [2.24, 2.45) is 0 Å². The van der Waals surface area contributed by atoms with E-state index in [1.165, 1.54) is 0 Å². The van der Waals surface area contributed by atoms with E-state index >= 15 is 0 Å². The lowest BCUT2D eigenvalue weighted by Gasteiger charge is -2.33. The Bertz CT molecular complexity index is 930. The van der Waals surface area contributed by atoms with Crippen molar-refractivity contribution >= 4 is 27.7 Å². The number of benzene rings is 1. The van der Waals surface area contributed by atoms with Crippen LogP contribution in [0.15, 0.2) is 24.3 Å². The Morgan fingerprint density at radius 3 is 2.85 bits per heavy atom. The second-order valence-electron chi connectivity index (χ2n) is 6.99. The van der Waals surface area contributed by atoms with E-state index in [2.05, 4.69) is 10.6 Å². The second-order valence-corrected chi connectivity index (χ2v) is 9.22. The summed E-state index contributed by atoms with van der Waals surface area (Å²) in [7, 11) is -3.13. The van der Waals surface area contributed by atoms with Crippen LogP contribution >= 0.6 is 0 Å². The van der Waals surface area contributed by atoms with Gasteiger partial charge in [-0.2, -0.15) is 0 Å². The fourth-order valence-corrected chi connectivity index (χ4v) is 5.51. The monoisotopic (exact) mass is 393 g/mol. The number of nitrogens with zero attached hydrogens (tertiary/aromatic N) is 1. The molecular weight excluding hydrogens is 374 g/mol. The van der Waals surface area contributed by atoms with Gasteiger partial charge in [-0.1, -0.05) is 18.2 Å². The van der Waals surface area contributed by atoms with Crippen LogP contribution in [0.4, 0.5) is 4.79 Å². The van der Waals surface area contributed by atoms with E-state index in [1.54, 1.807) is 24.3 Å². The highest BCUT2D eigenvalue weighted by Crippen LogP contribution is 2.40. The number of hydrogen-bond acceptors (Lipinski definition) is 6. The van der Waals surface area contributed by atoms with Gasteiger partial charge in [-0.25, -0.2) is 13.2 Å². The van der Waals surface area contributed by atoms with Crippen molar-refractivity contribution in [1.29, 1.82) is 0 Å². The summed E-state index contributed by atoms with van der Waals surface area (Å²) in [5.74, 6) is -0.621. The average molecular weight is 393 g/mol. The van der Waals surface area contributed by atoms with Crippen LogP contribution in [0.5, 0.6) is 5.75 Å². The summed E-state index contributed by atoms with van der Waals surface area (Å²) < 4.78 is 28.6. The maximum atomic E-state index is 13.0. The molecule has 3 heterocycles. The molecule has 4 amide bonds. The van der Waals surface area contributed by atoms with Crippen molar-refractivity contribution in [3.05, 3.63) is 29.8 Å². The fourth-order valence-electron chi connectivity index (χ4n) is 3.84. The molecule has 2 atom stereocenters. The predicted molar refractivity (Wildman–Crippen MR) is 93.7 cm³/mol. The molecule has 0 radical (unpaired) electrons. The van der Waals surface area contributed by atoms with E-state index in [0.717, 1.165) is 4.90 Å². The minimum absolute atomic E-state index is 0.0287. The highest BCUT2D eigenvalue weighted by molar-refractivity contribution is 7.91. The van der Waals surface area contributed by atoms with Crippen LogP contribution in [-0.2, 0) is 25.0 Å². The summed E-state index contributed by atoms with van der Waals surface area (Å²) in [5, 5.41) is 5.32. The molecule has 9 nitrogen and oxygen atoms in total. The van der Waals surface area contributed by atoms with Crippen molar-refractivity contribution in [2.45, 2.75) is 24.4 Å². The predicted octanol–water partition coefficient (Wildman–Crippen LogP) is -0.480. The van der Waals surface area contributed by atoms with Gasteiger partial charge in [0.2, 0.25) is 5.91 Å². The number of amides is 4. The molecule has 3 aliphatic rings. The standard InChI is InChI=1S/C17H19N3O6S/c21-14(18-11-5-8-27(24,25)10-11)9-20-15(22)17(19-16(20)23)6-7-26-13-4-2-1-3-12(13)17/h1-4,11H,5-10H2,(H,18,21)(H,19,23)/t11-,17-/m0/s1. The molecule has 2 fully saturated rings. The molecule has 2 saturated heterocycles. The molecule has 2 N–H and O–H groups in total. The summed E-state index contributed by atoms with van der Waals surface area (Å²) in [4.78, 5) is 38.6. The van der Waals surface area contributed by atoms with Gasteiger partial charge in [0.1, 0.15) is 12.3 Å². The van der Waals surface area contributed by atoms with Crippen LogP contribution in [0, 0.1) is 0 Å². The fraction of sp³-hybridized carbons (Fsp3) is 0.471. The van der Waals surface area contributed by atoms with Gasteiger partial charge in [0.15, 0.2) is 15.4 Å². The maximum Gasteiger partial charge on any atom is 0.325 e. The van der Waals surface area contributed by atoms with Crippen molar-refractivity contribution in [3.63, 3.8) is 0 Å². The third-order valence-electron chi connectivity index (χ3n) is 5.16. The first-order valence-corrected chi connectivity index (χ1v) is 10.5. The molecule has 1 aromatic carbocycles. The van der Waals surface area contributed by atoms with E-state index in [0.29, 0.717) is 17.7 Å². The van der Waals surface area contributed by atoms with Crippen LogP contribution in [0.3, 0.4) is 0 Å². The molecule has 0 bridgehead atoms. The van der Waals surface area contributed by atoms with Crippen LogP contribution in [-0.4, -0.2) is 61.9 Å². The number of rotatable bonds is 3. The molecular formula is C17H19N3O6S. The molecule has 0 aliphatic carbocycles. The summed E-state index contributed by atoms with van der Waals surface area (Å²) >= 11 is 0.